The molecule has 1 saturated heterocycles. The Labute approximate surface area is 197 Å². The quantitative estimate of drug-likeness (QED) is 0.369. The van der Waals surface area contributed by atoms with Crippen molar-refractivity contribution in [1.29, 1.82) is 0 Å². The van der Waals surface area contributed by atoms with E-state index < -0.39 is 17.9 Å². The van der Waals surface area contributed by atoms with Crippen molar-refractivity contribution in [3.8, 4) is 28.0 Å². The lowest BCUT2D eigenvalue weighted by atomic mass is 9.91. The molecule has 1 heterocycles. The third-order valence-corrected chi connectivity index (χ3v) is 6.02. The van der Waals surface area contributed by atoms with Crippen LogP contribution < -0.4 is 4.74 Å². The molecule has 34 heavy (non-hydrogen) atoms. The van der Waals surface area contributed by atoms with Crippen LogP contribution in [0.2, 0.25) is 0 Å². The van der Waals surface area contributed by atoms with Gasteiger partial charge >= 0.3 is 0 Å². The van der Waals surface area contributed by atoms with E-state index in [1.807, 2.05) is 13.0 Å². The van der Waals surface area contributed by atoms with Gasteiger partial charge < -0.3 is 14.6 Å². The number of benzene rings is 3. The minimum Gasteiger partial charge on any atom is -0.462 e. The van der Waals surface area contributed by atoms with E-state index in [9.17, 15) is 18.3 Å². The number of hydrogen-bond acceptors (Lipinski definition) is 3. The highest BCUT2D eigenvalue weighted by Crippen LogP contribution is 2.34. The molecule has 6 heteroatoms. The molecule has 178 valence electrons. The normalized spacial score (nSPS) is 18.4. The number of ether oxygens (including phenoxy) is 2. The van der Waals surface area contributed by atoms with Crippen molar-refractivity contribution in [2.24, 2.45) is 0 Å². The Morgan fingerprint density at radius 3 is 2.29 bits per heavy atom. The maximum atomic E-state index is 14.9. The van der Waals surface area contributed by atoms with Gasteiger partial charge in [0.25, 0.3) is 0 Å². The van der Waals surface area contributed by atoms with Crippen LogP contribution in [0, 0.1) is 17.5 Å². The molecule has 0 aromatic heterocycles. The molecule has 0 spiro atoms. The zero-order valence-corrected chi connectivity index (χ0v) is 18.9. The minimum absolute atomic E-state index is 0.0429. The molecule has 0 saturated carbocycles. The number of allylic oxidation sites excluding steroid dienone is 1. The van der Waals surface area contributed by atoms with Gasteiger partial charge in [-0.05, 0) is 60.2 Å². The van der Waals surface area contributed by atoms with E-state index in [2.05, 4.69) is 0 Å². The molecule has 1 aliphatic heterocycles. The van der Waals surface area contributed by atoms with Crippen LogP contribution in [-0.4, -0.2) is 18.0 Å². The first-order chi connectivity index (χ1) is 16.5. The van der Waals surface area contributed by atoms with E-state index in [0.29, 0.717) is 29.7 Å². The van der Waals surface area contributed by atoms with Crippen LogP contribution in [0.25, 0.3) is 22.3 Å². The fourth-order valence-corrected chi connectivity index (χ4v) is 4.05. The van der Waals surface area contributed by atoms with Crippen LogP contribution in [0.5, 0.6) is 5.75 Å². The number of unbranched alkanes of at least 4 members (excludes halogenated alkanes) is 1. The summed E-state index contributed by atoms with van der Waals surface area (Å²) in [6, 6.07) is 14.6. The van der Waals surface area contributed by atoms with Crippen LogP contribution in [0.4, 0.5) is 13.2 Å². The molecule has 3 aromatic carbocycles. The first-order valence-electron chi connectivity index (χ1n) is 11.5. The number of aliphatic hydroxyl groups is 1. The molecular formula is C28H27F3O3. The highest BCUT2D eigenvalue weighted by molar-refractivity contribution is 5.71. The maximum absolute atomic E-state index is 14.9. The molecule has 3 aromatic rings. The third kappa shape index (κ3) is 5.34. The van der Waals surface area contributed by atoms with Crippen LogP contribution in [0.1, 0.15) is 44.1 Å². The molecule has 1 fully saturated rings. The topological polar surface area (TPSA) is 38.7 Å². The summed E-state index contributed by atoms with van der Waals surface area (Å²) >= 11 is 0. The molecule has 1 aliphatic rings. The smallest absolute Gasteiger partial charge is 0.201 e. The maximum Gasteiger partial charge on any atom is 0.201 e. The summed E-state index contributed by atoms with van der Waals surface area (Å²) in [6.45, 7) is 2.36. The van der Waals surface area contributed by atoms with Gasteiger partial charge in [0.15, 0.2) is 17.9 Å². The number of halogens is 3. The summed E-state index contributed by atoms with van der Waals surface area (Å²) in [7, 11) is 0. The van der Waals surface area contributed by atoms with Crippen molar-refractivity contribution in [3.63, 3.8) is 0 Å². The fraction of sp³-hybridized carbons (Fsp3) is 0.286. The Hall–Kier alpha value is -3.09. The SMILES string of the molecule is CCC/C=C\Oc1ccc(-c2ccc(-c3ccc(C4CCC(O)OC4)cc3F)cc2)c(F)c1F. The number of rotatable bonds is 7. The first kappa shape index (κ1) is 24.0. The summed E-state index contributed by atoms with van der Waals surface area (Å²) in [4.78, 5) is 0. The molecule has 0 bridgehead atoms. The van der Waals surface area contributed by atoms with Crippen molar-refractivity contribution >= 4 is 0 Å². The number of aliphatic hydroxyl groups excluding tert-OH is 1. The van der Waals surface area contributed by atoms with E-state index >= 15 is 0 Å². The standard InChI is InChI=1S/C28H27F3O3/c1-2-3-4-15-33-25-13-12-23(27(30)28(25)31)19-7-5-18(6-8-19)22-11-9-20(16-24(22)29)21-10-14-26(32)34-17-21/h4-9,11-13,15-16,21,26,32H,2-3,10,14,17H2,1H3/b15-4-. The predicted octanol–water partition coefficient (Wildman–Crippen LogP) is 7.34. The van der Waals surface area contributed by atoms with Gasteiger partial charge in [0, 0.05) is 17.0 Å². The first-order valence-corrected chi connectivity index (χ1v) is 11.5. The zero-order chi connectivity index (χ0) is 24.1. The van der Waals surface area contributed by atoms with Crippen molar-refractivity contribution < 1.29 is 27.8 Å². The molecule has 0 radical (unpaired) electrons. The fourth-order valence-electron chi connectivity index (χ4n) is 4.05. The Morgan fingerprint density at radius 1 is 0.941 bits per heavy atom. The summed E-state index contributed by atoms with van der Waals surface area (Å²) < 4.78 is 54.5. The molecule has 2 atom stereocenters. The Morgan fingerprint density at radius 2 is 1.65 bits per heavy atom. The highest BCUT2D eigenvalue weighted by atomic mass is 19.2. The van der Waals surface area contributed by atoms with Crippen molar-refractivity contribution in [2.75, 3.05) is 6.61 Å². The van der Waals surface area contributed by atoms with Gasteiger partial charge in [-0.1, -0.05) is 49.7 Å². The molecule has 2 unspecified atom stereocenters. The van der Waals surface area contributed by atoms with E-state index in [1.165, 1.54) is 24.5 Å². The second-order valence-corrected chi connectivity index (χ2v) is 8.40. The molecular weight excluding hydrogens is 441 g/mol. The average Bonchev–Trinajstić information content (AvgIpc) is 2.85. The van der Waals surface area contributed by atoms with Gasteiger partial charge in [0.2, 0.25) is 5.82 Å². The third-order valence-electron chi connectivity index (χ3n) is 6.02. The Kier molecular flexibility index (Phi) is 7.70. The summed E-state index contributed by atoms with van der Waals surface area (Å²) in [5, 5.41) is 9.47. The van der Waals surface area contributed by atoms with E-state index in [1.54, 1.807) is 36.4 Å². The van der Waals surface area contributed by atoms with Crippen LogP contribution >= 0.6 is 0 Å². The summed E-state index contributed by atoms with van der Waals surface area (Å²) in [5.41, 5.74) is 2.45. The zero-order valence-electron chi connectivity index (χ0n) is 18.9. The van der Waals surface area contributed by atoms with Gasteiger partial charge in [-0.3, -0.25) is 0 Å². The molecule has 4 rings (SSSR count). The van der Waals surface area contributed by atoms with Crippen LogP contribution in [0.15, 0.2) is 66.9 Å². The highest BCUT2D eigenvalue weighted by Gasteiger charge is 2.22. The van der Waals surface area contributed by atoms with Gasteiger partial charge in [0.1, 0.15) is 5.82 Å². The molecule has 1 N–H and O–H groups in total. The van der Waals surface area contributed by atoms with Crippen molar-refractivity contribution in [3.05, 3.63) is 90.0 Å². The van der Waals surface area contributed by atoms with Gasteiger partial charge in [-0.25, -0.2) is 8.78 Å². The minimum atomic E-state index is -1.05. The molecule has 0 aliphatic carbocycles. The monoisotopic (exact) mass is 468 g/mol. The lowest BCUT2D eigenvalue weighted by Gasteiger charge is -2.26. The summed E-state index contributed by atoms with van der Waals surface area (Å²) in [5.74, 6) is -2.55. The van der Waals surface area contributed by atoms with Crippen molar-refractivity contribution in [1.82, 2.24) is 0 Å². The van der Waals surface area contributed by atoms with E-state index in [0.717, 1.165) is 24.8 Å². The largest absolute Gasteiger partial charge is 0.462 e. The van der Waals surface area contributed by atoms with Crippen molar-refractivity contribution in [2.45, 2.75) is 44.8 Å². The lowest BCUT2D eigenvalue weighted by Crippen LogP contribution is -2.24. The van der Waals surface area contributed by atoms with Gasteiger partial charge in [-0.2, -0.15) is 4.39 Å². The van der Waals surface area contributed by atoms with Gasteiger partial charge in [-0.15, -0.1) is 0 Å². The molecule has 3 nitrogen and oxygen atoms in total. The average molecular weight is 469 g/mol. The summed E-state index contributed by atoms with van der Waals surface area (Å²) in [6.07, 6.45) is 5.34. The predicted molar refractivity (Wildman–Crippen MR) is 126 cm³/mol. The second kappa shape index (κ2) is 10.9. The van der Waals surface area contributed by atoms with Gasteiger partial charge in [0.05, 0.1) is 12.9 Å². The molecule has 0 amide bonds. The van der Waals surface area contributed by atoms with E-state index in [-0.39, 0.29) is 23.0 Å². The van der Waals surface area contributed by atoms with E-state index in [4.69, 9.17) is 9.47 Å². The second-order valence-electron chi connectivity index (χ2n) is 8.40. The van der Waals surface area contributed by atoms with Crippen LogP contribution in [0.3, 0.4) is 0 Å². The Balaban J connectivity index is 1.51. The Bertz CT molecular complexity index is 1150. The van der Waals surface area contributed by atoms with Crippen LogP contribution in [-0.2, 0) is 4.74 Å². The lowest BCUT2D eigenvalue weighted by molar-refractivity contribution is -0.129. The number of hydrogen-bond donors (Lipinski definition) is 1.